The highest BCUT2D eigenvalue weighted by molar-refractivity contribution is 6.22. The fraction of sp³-hybridized carbons (Fsp3) is 0. The van der Waals surface area contributed by atoms with E-state index in [1.54, 1.807) is 0 Å². The van der Waals surface area contributed by atoms with E-state index in [4.69, 9.17) is 18.8 Å². The summed E-state index contributed by atoms with van der Waals surface area (Å²) in [6.45, 7) is 0. The molecule has 8 aromatic carbocycles. The van der Waals surface area contributed by atoms with Gasteiger partial charge in [0.15, 0.2) is 5.58 Å². The van der Waals surface area contributed by atoms with Gasteiger partial charge in [0.1, 0.15) is 28.0 Å². The average molecular weight is 741 g/mol. The van der Waals surface area contributed by atoms with E-state index in [2.05, 4.69) is 143 Å². The van der Waals surface area contributed by atoms with Crippen LogP contribution in [0.15, 0.2) is 179 Å². The van der Waals surface area contributed by atoms with Gasteiger partial charge >= 0.3 is 0 Å². The maximum Gasteiger partial charge on any atom is 0.236 e. The van der Waals surface area contributed by atoms with E-state index in [0.29, 0.717) is 17.2 Å². The molecule has 14 rings (SSSR count). The average Bonchev–Trinajstić information content (AvgIpc) is 4.00. The summed E-state index contributed by atoms with van der Waals surface area (Å²) in [7, 11) is 0. The number of aromatic nitrogens is 4. The Kier molecular flexibility index (Phi) is 5.68. The molecule has 1 aliphatic rings. The highest BCUT2D eigenvalue weighted by Crippen LogP contribution is 2.48. The lowest BCUT2D eigenvalue weighted by molar-refractivity contribution is 0.666. The van der Waals surface area contributed by atoms with E-state index in [9.17, 15) is 0 Å². The lowest BCUT2D eigenvalue weighted by Crippen LogP contribution is -2.03. The standard InChI is InChI=1S/C52H28N4O2/c1-2-13-31-30(12-1)32-14-3-7-20-41(32)55-43-27-39-33-15-4-8-21-42(33)56(44(39)28-40(43)37-19-11-18-36(31)50(37)55)52-53-48(51-49(54-52)38-17-6-10-23-46(38)58-51)29-24-25-35-34-16-5-9-22-45(34)57-47(35)26-29/h1-28H. The molecular weight excluding hydrogens is 713 g/mol. The van der Waals surface area contributed by atoms with Gasteiger partial charge < -0.3 is 13.4 Å². The Morgan fingerprint density at radius 1 is 0.379 bits per heavy atom. The Labute approximate surface area is 329 Å². The topological polar surface area (TPSA) is 61.9 Å². The van der Waals surface area contributed by atoms with Gasteiger partial charge in [-0.15, -0.1) is 0 Å². The van der Waals surface area contributed by atoms with Crippen LogP contribution in [-0.4, -0.2) is 19.1 Å². The number of benzene rings is 8. The molecule has 58 heavy (non-hydrogen) atoms. The molecule has 0 spiro atoms. The number of nitrogens with zero attached hydrogens (tertiary/aromatic N) is 4. The highest BCUT2D eigenvalue weighted by atomic mass is 16.3. The Bertz CT molecular complexity index is 3930. The summed E-state index contributed by atoms with van der Waals surface area (Å²) in [6.07, 6.45) is 0. The first kappa shape index (κ1) is 30.3. The molecule has 1 aliphatic heterocycles. The number of hydrogen-bond acceptors (Lipinski definition) is 4. The zero-order valence-corrected chi connectivity index (χ0v) is 30.8. The lowest BCUT2D eigenvalue weighted by Gasteiger charge is -2.12. The summed E-state index contributed by atoms with van der Waals surface area (Å²) in [5.74, 6) is 0.578. The molecule has 6 heterocycles. The summed E-state index contributed by atoms with van der Waals surface area (Å²) in [6, 6.07) is 60.2. The van der Waals surface area contributed by atoms with Gasteiger partial charge in [-0.3, -0.25) is 4.57 Å². The van der Waals surface area contributed by atoms with Gasteiger partial charge in [-0.05, 0) is 65.7 Å². The fourth-order valence-corrected chi connectivity index (χ4v) is 9.81. The van der Waals surface area contributed by atoms with Crippen LogP contribution < -0.4 is 0 Å². The Hall–Kier alpha value is -7.96. The fourth-order valence-electron chi connectivity index (χ4n) is 9.81. The van der Waals surface area contributed by atoms with Gasteiger partial charge in [0.25, 0.3) is 0 Å². The highest BCUT2D eigenvalue weighted by Gasteiger charge is 2.27. The molecule has 0 atom stereocenters. The summed E-state index contributed by atoms with van der Waals surface area (Å²) in [5.41, 5.74) is 16.0. The zero-order valence-electron chi connectivity index (χ0n) is 30.8. The van der Waals surface area contributed by atoms with Crippen molar-refractivity contribution in [1.82, 2.24) is 19.1 Å². The van der Waals surface area contributed by atoms with Crippen molar-refractivity contribution in [2.75, 3.05) is 0 Å². The number of furan rings is 2. The van der Waals surface area contributed by atoms with Crippen molar-refractivity contribution in [2.24, 2.45) is 0 Å². The molecule has 13 aromatic rings. The van der Waals surface area contributed by atoms with Crippen molar-refractivity contribution in [1.29, 1.82) is 0 Å². The Balaban J connectivity index is 1.10. The Morgan fingerprint density at radius 2 is 1.00 bits per heavy atom. The first-order valence-corrected chi connectivity index (χ1v) is 19.6. The lowest BCUT2D eigenvalue weighted by atomic mass is 9.94. The van der Waals surface area contributed by atoms with Crippen LogP contribution in [-0.2, 0) is 0 Å². The van der Waals surface area contributed by atoms with E-state index in [1.807, 2.05) is 36.4 Å². The second kappa shape index (κ2) is 10.9. The minimum absolute atomic E-state index is 0.578. The third-order valence-electron chi connectivity index (χ3n) is 12.3. The second-order valence-corrected chi connectivity index (χ2v) is 15.3. The third kappa shape index (κ3) is 3.86. The number of hydrogen-bond donors (Lipinski definition) is 0. The van der Waals surface area contributed by atoms with Crippen LogP contribution in [0.25, 0.3) is 133 Å². The van der Waals surface area contributed by atoms with Crippen LogP contribution in [0.2, 0.25) is 0 Å². The molecule has 0 bridgehead atoms. The Morgan fingerprint density at radius 3 is 1.86 bits per heavy atom. The molecule has 0 unspecified atom stereocenters. The minimum atomic E-state index is 0.578. The van der Waals surface area contributed by atoms with Crippen molar-refractivity contribution < 1.29 is 8.83 Å². The predicted octanol–water partition coefficient (Wildman–Crippen LogP) is 13.8. The SMILES string of the molecule is c1ccc2c(c1)-c1ccccc1-n1c3cc4c5ccccc5n(-c5nc(-c6ccc7c(c6)oc6ccccc67)c6oc7ccccc7c6n5)c4cc3c3cccc-2c31. The monoisotopic (exact) mass is 740 g/mol. The summed E-state index contributed by atoms with van der Waals surface area (Å²) in [5, 5.41) is 7.74. The van der Waals surface area contributed by atoms with Crippen molar-refractivity contribution in [3.8, 4) is 45.1 Å². The molecule has 5 aromatic heterocycles. The van der Waals surface area contributed by atoms with Gasteiger partial charge in [-0.2, -0.15) is 0 Å². The molecule has 6 nitrogen and oxygen atoms in total. The van der Waals surface area contributed by atoms with Crippen LogP contribution in [0.4, 0.5) is 0 Å². The van der Waals surface area contributed by atoms with Crippen LogP contribution in [0.3, 0.4) is 0 Å². The molecule has 0 saturated carbocycles. The maximum absolute atomic E-state index is 6.59. The van der Waals surface area contributed by atoms with Gasteiger partial charge in [-0.1, -0.05) is 115 Å². The van der Waals surface area contributed by atoms with E-state index in [1.165, 1.54) is 44.2 Å². The number of rotatable bonds is 2. The van der Waals surface area contributed by atoms with Crippen molar-refractivity contribution in [3.63, 3.8) is 0 Å². The maximum atomic E-state index is 6.59. The quantitative estimate of drug-likeness (QED) is 0.177. The van der Waals surface area contributed by atoms with Crippen molar-refractivity contribution in [2.45, 2.75) is 0 Å². The molecule has 6 heteroatoms. The first-order chi connectivity index (χ1) is 28.8. The zero-order chi connectivity index (χ0) is 37.6. The van der Waals surface area contributed by atoms with Crippen LogP contribution in [0.1, 0.15) is 0 Å². The normalized spacial score (nSPS) is 12.5. The summed E-state index contributed by atoms with van der Waals surface area (Å²) < 4.78 is 17.7. The summed E-state index contributed by atoms with van der Waals surface area (Å²) >= 11 is 0. The van der Waals surface area contributed by atoms with Crippen molar-refractivity contribution in [3.05, 3.63) is 170 Å². The van der Waals surface area contributed by atoms with E-state index >= 15 is 0 Å². The van der Waals surface area contributed by atoms with Gasteiger partial charge in [-0.25, -0.2) is 9.97 Å². The largest absolute Gasteiger partial charge is 0.456 e. The minimum Gasteiger partial charge on any atom is -0.456 e. The first-order valence-electron chi connectivity index (χ1n) is 19.6. The molecule has 0 N–H and O–H groups in total. The smallest absolute Gasteiger partial charge is 0.236 e. The molecule has 268 valence electrons. The van der Waals surface area contributed by atoms with E-state index in [-0.39, 0.29) is 0 Å². The number of para-hydroxylation sites is 5. The molecule has 0 fully saturated rings. The van der Waals surface area contributed by atoms with Crippen LogP contribution >= 0.6 is 0 Å². The molecule has 0 aliphatic carbocycles. The number of fused-ring (bicyclic) bond motifs is 17. The predicted molar refractivity (Wildman–Crippen MR) is 235 cm³/mol. The molecular formula is C52H28N4O2. The summed E-state index contributed by atoms with van der Waals surface area (Å²) in [4.78, 5) is 10.8. The van der Waals surface area contributed by atoms with Gasteiger partial charge in [0.05, 0.1) is 27.8 Å². The third-order valence-corrected chi connectivity index (χ3v) is 12.3. The second-order valence-electron chi connectivity index (χ2n) is 15.3. The molecule has 0 amide bonds. The van der Waals surface area contributed by atoms with Crippen LogP contribution in [0.5, 0.6) is 0 Å². The van der Waals surface area contributed by atoms with E-state index < -0.39 is 0 Å². The van der Waals surface area contributed by atoms with Crippen molar-refractivity contribution >= 4 is 87.6 Å². The van der Waals surface area contributed by atoms with E-state index in [0.717, 1.165) is 71.3 Å². The van der Waals surface area contributed by atoms with Crippen LogP contribution in [0, 0.1) is 0 Å². The van der Waals surface area contributed by atoms with Gasteiger partial charge in [0.2, 0.25) is 5.95 Å². The molecule has 0 saturated heterocycles. The molecule has 0 radical (unpaired) electrons. The van der Waals surface area contributed by atoms with Gasteiger partial charge in [0, 0.05) is 54.4 Å².